The second-order valence-electron chi connectivity index (χ2n) is 23.5. The van der Waals surface area contributed by atoms with E-state index in [-0.39, 0.29) is 55.3 Å². The number of nitrogens with zero attached hydrogens (tertiary/aromatic N) is 3. The number of Topliss-reactive ketones (excluding diaryl/α,β-unsaturated/α-hetero) is 1. The number of benzene rings is 7. The summed E-state index contributed by atoms with van der Waals surface area (Å²) in [6, 6.07) is 54.7. The number of carbonyl (C=O) groups is 4. The van der Waals surface area contributed by atoms with Gasteiger partial charge >= 0.3 is 12.1 Å². The SMILES string of the molecule is CC(=O)C(C)(C)c1cccc(-c2ccc(CN(Cc3ccc(C(F)F)o3)C(=O)c3c(C)ccc4ccccc34)cc2)c1.CC(C)(C(=O)O)c1cccc(-c2ccc(CN(Cc3ccc(C(F)(F)F)o3)C(=O)c3c4c(nc5ccccc35)CCCC4)cc2)c1. The van der Waals surface area contributed by atoms with Crippen molar-refractivity contribution in [3.05, 3.63) is 255 Å². The molecule has 1 N–H and O–H groups in total. The van der Waals surface area contributed by atoms with Crippen molar-refractivity contribution in [2.75, 3.05) is 0 Å². The number of ketones is 1. The number of carboxylic acid groups (broad SMARTS) is 1. The predicted molar refractivity (Wildman–Crippen MR) is 330 cm³/mol. The Balaban J connectivity index is 0.000000195. The van der Waals surface area contributed by atoms with E-state index in [0.29, 0.717) is 34.0 Å². The van der Waals surface area contributed by atoms with Crippen LogP contribution < -0.4 is 0 Å². The highest BCUT2D eigenvalue weighted by Gasteiger charge is 2.36. The van der Waals surface area contributed by atoms with Crippen LogP contribution in [-0.2, 0) is 65.6 Å². The number of para-hydroxylation sites is 1. The molecule has 1 aliphatic rings. The molecule has 2 amide bonds. The van der Waals surface area contributed by atoms with Crippen LogP contribution in [0.3, 0.4) is 0 Å². The maximum Gasteiger partial charge on any atom is 0.449 e. The molecule has 0 radical (unpaired) electrons. The van der Waals surface area contributed by atoms with Gasteiger partial charge in [-0.3, -0.25) is 24.2 Å². The fourth-order valence-electron chi connectivity index (χ4n) is 11.1. The summed E-state index contributed by atoms with van der Waals surface area (Å²) in [7, 11) is 0. The fraction of sp³-hybridized carbons (Fsp3) is 0.247. The van der Waals surface area contributed by atoms with E-state index < -0.39 is 40.9 Å². The van der Waals surface area contributed by atoms with Gasteiger partial charge in [0.15, 0.2) is 5.76 Å². The first-order valence-corrected chi connectivity index (χ1v) is 29.1. The Hall–Kier alpha value is -9.50. The number of fused-ring (bicyclic) bond motifs is 3. The molecule has 0 saturated carbocycles. The van der Waals surface area contributed by atoms with Crippen molar-refractivity contribution >= 4 is 45.2 Å². The molecule has 88 heavy (non-hydrogen) atoms. The second-order valence-corrected chi connectivity index (χ2v) is 23.5. The van der Waals surface area contributed by atoms with E-state index in [0.717, 1.165) is 91.9 Å². The summed E-state index contributed by atoms with van der Waals surface area (Å²) >= 11 is 0. The van der Waals surface area contributed by atoms with Crippen molar-refractivity contribution in [2.24, 2.45) is 0 Å². The zero-order valence-electron chi connectivity index (χ0n) is 49.7. The van der Waals surface area contributed by atoms with Crippen LogP contribution >= 0.6 is 0 Å². The Morgan fingerprint density at radius 3 is 1.65 bits per heavy atom. The van der Waals surface area contributed by atoms with Crippen molar-refractivity contribution in [3.8, 4) is 22.3 Å². The third-order valence-corrected chi connectivity index (χ3v) is 16.7. The zero-order valence-corrected chi connectivity index (χ0v) is 49.7. The van der Waals surface area contributed by atoms with E-state index in [1.54, 1.807) is 31.7 Å². The molecular formula is C73H66F5N3O7. The lowest BCUT2D eigenvalue weighted by Crippen LogP contribution is -2.32. The minimum Gasteiger partial charge on any atom is -0.481 e. The molecule has 15 heteroatoms. The lowest BCUT2D eigenvalue weighted by Gasteiger charge is -2.26. The highest BCUT2D eigenvalue weighted by Crippen LogP contribution is 2.36. The van der Waals surface area contributed by atoms with Gasteiger partial charge in [-0.05, 0) is 164 Å². The number of aryl methyl sites for hydroxylation is 2. The van der Waals surface area contributed by atoms with Crippen LogP contribution in [0.4, 0.5) is 22.0 Å². The van der Waals surface area contributed by atoms with Crippen LogP contribution in [0, 0.1) is 6.92 Å². The van der Waals surface area contributed by atoms with Crippen molar-refractivity contribution in [3.63, 3.8) is 0 Å². The first-order valence-electron chi connectivity index (χ1n) is 29.1. The van der Waals surface area contributed by atoms with Gasteiger partial charge in [0.1, 0.15) is 17.3 Å². The summed E-state index contributed by atoms with van der Waals surface area (Å²) < 4.78 is 77.1. The number of alkyl halides is 5. The van der Waals surface area contributed by atoms with Crippen LogP contribution in [0.25, 0.3) is 43.9 Å². The van der Waals surface area contributed by atoms with Crippen molar-refractivity contribution in [2.45, 2.75) is 117 Å². The molecule has 1 aliphatic carbocycles. The number of aliphatic carboxylic acids is 1. The number of carbonyl (C=O) groups excluding carboxylic acids is 3. The molecule has 0 aliphatic heterocycles. The normalized spacial score (nSPS) is 12.6. The van der Waals surface area contributed by atoms with Crippen molar-refractivity contribution < 1.29 is 55.1 Å². The summed E-state index contributed by atoms with van der Waals surface area (Å²) in [5.74, 6) is -2.54. The smallest absolute Gasteiger partial charge is 0.449 e. The number of furan rings is 2. The van der Waals surface area contributed by atoms with E-state index in [9.17, 15) is 46.2 Å². The molecule has 0 bridgehead atoms. The Labute approximate surface area is 507 Å². The van der Waals surface area contributed by atoms with Gasteiger partial charge in [0.25, 0.3) is 18.2 Å². The first-order chi connectivity index (χ1) is 42.0. The van der Waals surface area contributed by atoms with Crippen molar-refractivity contribution in [1.29, 1.82) is 0 Å². The largest absolute Gasteiger partial charge is 0.481 e. The number of hydrogen-bond donors (Lipinski definition) is 1. The topological polar surface area (TPSA) is 134 Å². The molecule has 0 spiro atoms. The van der Waals surface area contributed by atoms with Crippen LogP contribution in [0.1, 0.15) is 137 Å². The third-order valence-electron chi connectivity index (χ3n) is 16.7. The molecular weight excluding hydrogens is 1130 g/mol. The summed E-state index contributed by atoms with van der Waals surface area (Å²) in [5, 5.41) is 12.2. The van der Waals surface area contributed by atoms with Crippen LogP contribution in [0.2, 0.25) is 0 Å². The second kappa shape index (κ2) is 25.4. The molecule has 10 nitrogen and oxygen atoms in total. The van der Waals surface area contributed by atoms with Gasteiger partial charge in [0, 0.05) is 29.6 Å². The zero-order chi connectivity index (χ0) is 62.7. The van der Waals surface area contributed by atoms with Gasteiger partial charge in [-0.15, -0.1) is 0 Å². The lowest BCUT2D eigenvalue weighted by molar-refractivity contribution is -0.153. The number of rotatable bonds is 17. The first kappa shape index (κ1) is 61.6. The van der Waals surface area contributed by atoms with Gasteiger partial charge in [0.2, 0.25) is 5.76 Å². The number of carboxylic acids is 1. The average Bonchev–Trinajstić information content (AvgIpc) is 1.96. The Kier molecular flexibility index (Phi) is 17.8. The summed E-state index contributed by atoms with van der Waals surface area (Å²) in [6.45, 7) is 10.9. The highest BCUT2D eigenvalue weighted by molar-refractivity contribution is 6.09. The summed E-state index contributed by atoms with van der Waals surface area (Å²) in [6.07, 6.45) is -4.00. The van der Waals surface area contributed by atoms with Crippen LogP contribution in [0.5, 0.6) is 0 Å². The number of aromatic nitrogens is 1. The Morgan fingerprint density at radius 1 is 0.557 bits per heavy atom. The number of hydrogen-bond acceptors (Lipinski definition) is 7. The summed E-state index contributed by atoms with van der Waals surface area (Å²) in [5.41, 5.74) is 9.74. The Bertz CT molecular complexity index is 4220. The standard InChI is InChI=1S/C37H33F3N2O4.C36H33F2NO3/c1-36(2,35(44)45)26-9-7-8-25(20-26)24-16-14-23(15-17-24)21-42(22-27-18-19-32(46-27)37(38,39)40)34(43)33-28-10-3-5-12-30(28)41-31-13-6-4-11-29(31)33;1-23-12-15-27-8-5-6-11-31(27)33(23)35(41)39(22-30-18-19-32(42-30)34(37)38)21-25-13-16-26(17-14-25)28-9-7-10-29(20-28)36(3,4)24(2)40/h3,5,7-10,12,14-20H,4,6,11,13,21-22H2,1-2H3,(H,44,45);5-20,34H,21-22H2,1-4H3. The van der Waals surface area contributed by atoms with Gasteiger partial charge in [-0.1, -0.05) is 152 Å². The van der Waals surface area contributed by atoms with E-state index in [1.807, 2.05) is 172 Å². The van der Waals surface area contributed by atoms with Crippen LogP contribution in [0.15, 0.2) is 191 Å². The number of amides is 2. The number of pyridine rings is 1. The third kappa shape index (κ3) is 13.4. The minimum atomic E-state index is -4.64. The predicted octanol–water partition coefficient (Wildman–Crippen LogP) is 17.7. The maximum atomic E-state index is 14.5. The van der Waals surface area contributed by atoms with Gasteiger partial charge in [-0.25, -0.2) is 8.78 Å². The fourth-order valence-corrected chi connectivity index (χ4v) is 11.1. The van der Waals surface area contributed by atoms with E-state index in [1.165, 1.54) is 23.1 Å². The maximum absolute atomic E-state index is 14.5. The van der Waals surface area contributed by atoms with Crippen molar-refractivity contribution in [1.82, 2.24) is 14.8 Å². The molecule has 0 fully saturated rings. The van der Waals surface area contributed by atoms with Gasteiger partial charge < -0.3 is 23.7 Å². The summed E-state index contributed by atoms with van der Waals surface area (Å²) in [4.78, 5) is 60.6. The molecule has 3 aromatic heterocycles. The highest BCUT2D eigenvalue weighted by atomic mass is 19.4. The molecule has 0 saturated heterocycles. The van der Waals surface area contributed by atoms with E-state index in [4.69, 9.17) is 13.8 Å². The molecule has 450 valence electrons. The molecule has 10 aromatic rings. The van der Waals surface area contributed by atoms with E-state index >= 15 is 0 Å². The van der Waals surface area contributed by atoms with Crippen LogP contribution in [-0.4, -0.2) is 43.5 Å². The molecule has 0 atom stereocenters. The van der Waals surface area contributed by atoms with Gasteiger partial charge in [0.05, 0.1) is 35.1 Å². The monoisotopic (exact) mass is 1190 g/mol. The molecule has 0 unspecified atom stereocenters. The molecule has 11 rings (SSSR count). The quantitative estimate of drug-likeness (QED) is 0.0891. The molecule has 7 aromatic carbocycles. The molecule has 3 heterocycles. The Morgan fingerprint density at radius 2 is 1.09 bits per heavy atom. The lowest BCUT2D eigenvalue weighted by atomic mass is 9.80. The number of halogens is 5. The average molecular weight is 1190 g/mol. The van der Waals surface area contributed by atoms with Gasteiger partial charge in [-0.2, -0.15) is 13.2 Å². The minimum absolute atomic E-state index is 0.0300. The van der Waals surface area contributed by atoms with E-state index in [2.05, 4.69) is 0 Å².